The van der Waals surface area contributed by atoms with Crippen LogP contribution in [0.3, 0.4) is 0 Å². The number of rotatable bonds is 4. The van der Waals surface area contributed by atoms with Crippen LogP contribution in [0.1, 0.15) is 29.7 Å². The molecule has 5 rings (SSSR count). The zero-order valence-corrected chi connectivity index (χ0v) is 20.1. The van der Waals surface area contributed by atoms with Crippen molar-refractivity contribution in [2.45, 2.75) is 19.5 Å². The lowest BCUT2D eigenvalue weighted by Crippen LogP contribution is -2.31. The molecule has 33 heavy (non-hydrogen) atoms. The highest BCUT2D eigenvalue weighted by atomic mass is 35.5. The van der Waals surface area contributed by atoms with Gasteiger partial charge in [0.1, 0.15) is 4.32 Å². The van der Waals surface area contributed by atoms with Gasteiger partial charge in [0.15, 0.2) is 0 Å². The van der Waals surface area contributed by atoms with Crippen LogP contribution in [-0.4, -0.2) is 21.0 Å². The summed E-state index contributed by atoms with van der Waals surface area (Å²) in [6, 6.07) is 24.5. The van der Waals surface area contributed by atoms with Crippen molar-refractivity contribution in [3.8, 4) is 0 Å². The SMILES string of the molecule is CC(c1ccccc1)N1C(=O)/C(=C2\C(=O)N(Cc3ccc(Cl)cc3)c3ccccc32)SC1=S. The average Bonchev–Trinajstić information content (AvgIpc) is 3.27. The van der Waals surface area contributed by atoms with Crippen molar-refractivity contribution in [1.82, 2.24) is 4.90 Å². The molecule has 2 heterocycles. The lowest BCUT2D eigenvalue weighted by Gasteiger charge is -2.23. The molecule has 0 aliphatic carbocycles. The highest BCUT2D eigenvalue weighted by molar-refractivity contribution is 8.26. The monoisotopic (exact) mass is 490 g/mol. The van der Waals surface area contributed by atoms with Crippen molar-refractivity contribution in [3.05, 3.63) is 105 Å². The van der Waals surface area contributed by atoms with Gasteiger partial charge in [0.25, 0.3) is 11.8 Å². The number of hydrogen-bond donors (Lipinski definition) is 0. The van der Waals surface area contributed by atoms with E-state index in [9.17, 15) is 9.59 Å². The minimum atomic E-state index is -0.229. The predicted molar refractivity (Wildman–Crippen MR) is 138 cm³/mol. The van der Waals surface area contributed by atoms with E-state index in [0.717, 1.165) is 22.4 Å². The van der Waals surface area contributed by atoms with E-state index in [-0.39, 0.29) is 17.9 Å². The van der Waals surface area contributed by atoms with E-state index in [1.165, 1.54) is 11.8 Å². The number of carbonyl (C=O) groups excluding carboxylic acids is 2. The molecule has 2 amide bonds. The Balaban J connectivity index is 1.53. The van der Waals surface area contributed by atoms with Gasteiger partial charge in [0.05, 0.1) is 28.8 Å². The van der Waals surface area contributed by atoms with Crippen LogP contribution < -0.4 is 4.90 Å². The number of nitrogens with zero attached hydrogens (tertiary/aromatic N) is 2. The molecule has 0 spiro atoms. The number of thiocarbonyl (C=S) groups is 1. The quantitative estimate of drug-likeness (QED) is 0.321. The molecule has 3 aromatic rings. The first-order chi connectivity index (χ1) is 16.0. The van der Waals surface area contributed by atoms with Crippen molar-refractivity contribution in [3.63, 3.8) is 0 Å². The van der Waals surface area contributed by atoms with E-state index in [1.807, 2.05) is 73.7 Å². The van der Waals surface area contributed by atoms with Crippen molar-refractivity contribution < 1.29 is 9.59 Å². The summed E-state index contributed by atoms with van der Waals surface area (Å²) in [6.07, 6.45) is 0. The summed E-state index contributed by atoms with van der Waals surface area (Å²) in [6.45, 7) is 2.34. The third-order valence-corrected chi connectivity index (χ3v) is 7.53. The number of thioether (sulfide) groups is 1. The third kappa shape index (κ3) is 3.88. The van der Waals surface area contributed by atoms with Crippen molar-refractivity contribution in [2.75, 3.05) is 4.90 Å². The Bertz CT molecular complexity index is 1310. The standard InChI is InChI=1S/C26H19ClN2O2S2/c1-16(18-7-3-2-4-8-18)29-25(31)23(33-26(29)32)22-20-9-5-6-10-21(20)28(24(22)30)15-17-11-13-19(27)14-12-17/h2-14,16H,15H2,1H3/b23-22+. The molecule has 0 radical (unpaired) electrons. The molecular formula is C26H19ClN2O2S2. The van der Waals surface area contributed by atoms with E-state index < -0.39 is 0 Å². The Morgan fingerprint density at radius 1 is 0.909 bits per heavy atom. The molecule has 2 aliphatic rings. The Kier molecular flexibility index (Phi) is 5.83. The molecule has 1 fully saturated rings. The van der Waals surface area contributed by atoms with Crippen LogP contribution in [0, 0.1) is 0 Å². The maximum absolute atomic E-state index is 13.6. The second kappa shape index (κ2) is 8.78. The summed E-state index contributed by atoms with van der Waals surface area (Å²) in [7, 11) is 0. The fourth-order valence-corrected chi connectivity index (χ4v) is 5.79. The van der Waals surface area contributed by atoms with Gasteiger partial charge >= 0.3 is 0 Å². The molecule has 1 atom stereocenters. The van der Waals surface area contributed by atoms with Crippen LogP contribution in [-0.2, 0) is 16.1 Å². The van der Waals surface area contributed by atoms with Gasteiger partial charge in [-0.2, -0.15) is 0 Å². The van der Waals surface area contributed by atoms with Gasteiger partial charge in [-0.15, -0.1) is 0 Å². The molecule has 1 saturated heterocycles. The lowest BCUT2D eigenvalue weighted by molar-refractivity contribution is -0.123. The maximum atomic E-state index is 13.6. The maximum Gasteiger partial charge on any atom is 0.267 e. The summed E-state index contributed by atoms with van der Waals surface area (Å²) in [5.41, 5.74) is 3.90. The fourth-order valence-electron chi connectivity index (χ4n) is 4.17. The van der Waals surface area contributed by atoms with Crippen molar-refractivity contribution in [1.29, 1.82) is 0 Å². The van der Waals surface area contributed by atoms with Gasteiger partial charge in [0, 0.05) is 10.6 Å². The first-order valence-electron chi connectivity index (χ1n) is 10.5. The van der Waals surface area contributed by atoms with Crippen molar-refractivity contribution in [2.24, 2.45) is 0 Å². The second-order valence-electron chi connectivity index (χ2n) is 7.87. The molecule has 2 aliphatic heterocycles. The van der Waals surface area contributed by atoms with Crippen LogP contribution >= 0.6 is 35.6 Å². The van der Waals surface area contributed by atoms with Gasteiger partial charge in [-0.25, -0.2) is 0 Å². The van der Waals surface area contributed by atoms with E-state index in [1.54, 1.807) is 21.9 Å². The molecule has 1 unspecified atom stereocenters. The number of hydrogen-bond acceptors (Lipinski definition) is 4. The number of para-hydroxylation sites is 1. The van der Waals surface area contributed by atoms with E-state index in [4.69, 9.17) is 23.8 Å². The molecule has 0 bridgehead atoms. The van der Waals surface area contributed by atoms with Crippen LogP contribution in [0.4, 0.5) is 5.69 Å². The first kappa shape index (κ1) is 21.9. The molecule has 0 saturated carbocycles. The normalized spacial score (nSPS) is 18.8. The molecule has 3 aromatic carbocycles. The number of amides is 2. The van der Waals surface area contributed by atoms with Gasteiger partial charge in [-0.1, -0.05) is 96.2 Å². The Morgan fingerprint density at radius 3 is 2.30 bits per heavy atom. The first-order valence-corrected chi connectivity index (χ1v) is 12.1. The van der Waals surface area contributed by atoms with Gasteiger partial charge < -0.3 is 4.90 Å². The topological polar surface area (TPSA) is 40.6 Å². The Labute approximate surface area is 206 Å². The van der Waals surface area contributed by atoms with E-state index >= 15 is 0 Å². The van der Waals surface area contributed by atoms with Gasteiger partial charge in [0.2, 0.25) is 0 Å². The molecule has 0 aromatic heterocycles. The summed E-state index contributed by atoms with van der Waals surface area (Å²) in [5.74, 6) is -0.424. The summed E-state index contributed by atoms with van der Waals surface area (Å²) in [5, 5.41) is 0.642. The Morgan fingerprint density at radius 2 is 1.58 bits per heavy atom. The van der Waals surface area contributed by atoms with Gasteiger partial charge in [-0.05, 0) is 36.2 Å². The van der Waals surface area contributed by atoms with E-state index in [2.05, 4.69) is 0 Å². The molecular weight excluding hydrogens is 472 g/mol. The van der Waals surface area contributed by atoms with Crippen LogP contribution in [0.25, 0.3) is 5.57 Å². The van der Waals surface area contributed by atoms with Crippen LogP contribution in [0.5, 0.6) is 0 Å². The molecule has 7 heteroatoms. The molecule has 164 valence electrons. The highest BCUT2D eigenvalue weighted by Gasteiger charge is 2.43. The predicted octanol–water partition coefficient (Wildman–Crippen LogP) is 6.22. The van der Waals surface area contributed by atoms with Crippen molar-refractivity contribution >= 4 is 63.0 Å². The zero-order valence-electron chi connectivity index (χ0n) is 17.7. The third-order valence-electron chi connectivity index (χ3n) is 5.87. The smallest absolute Gasteiger partial charge is 0.267 e. The number of carbonyl (C=O) groups is 2. The molecule has 0 N–H and O–H groups in total. The minimum Gasteiger partial charge on any atom is -0.303 e. The minimum absolute atomic E-state index is 0.195. The largest absolute Gasteiger partial charge is 0.303 e. The summed E-state index contributed by atoms with van der Waals surface area (Å²) in [4.78, 5) is 30.9. The molecule has 4 nitrogen and oxygen atoms in total. The van der Waals surface area contributed by atoms with Crippen LogP contribution in [0.15, 0.2) is 83.8 Å². The number of anilines is 1. The Hall–Kier alpha value is -2.93. The van der Waals surface area contributed by atoms with Gasteiger partial charge in [-0.3, -0.25) is 14.5 Å². The second-order valence-corrected chi connectivity index (χ2v) is 9.95. The number of benzene rings is 3. The highest BCUT2D eigenvalue weighted by Crippen LogP contribution is 2.46. The van der Waals surface area contributed by atoms with Crippen LogP contribution in [0.2, 0.25) is 5.02 Å². The number of fused-ring (bicyclic) bond motifs is 1. The summed E-state index contributed by atoms with van der Waals surface area (Å²) >= 11 is 12.8. The number of halogens is 1. The lowest BCUT2D eigenvalue weighted by atomic mass is 10.1. The van der Waals surface area contributed by atoms with E-state index in [0.29, 0.717) is 26.4 Å². The summed E-state index contributed by atoms with van der Waals surface area (Å²) < 4.78 is 0.459. The zero-order chi connectivity index (χ0) is 23.1. The fraction of sp³-hybridized carbons (Fsp3) is 0.115. The average molecular weight is 491 g/mol.